The van der Waals surface area contributed by atoms with E-state index in [0.717, 1.165) is 18.6 Å². The van der Waals surface area contributed by atoms with E-state index >= 15 is 0 Å². The number of rotatable bonds is 6. The lowest BCUT2D eigenvalue weighted by Gasteiger charge is -2.35. The fourth-order valence-electron chi connectivity index (χ4n) is 2.90. The number of para-hydroxylation sites is 2. The van der Waals surface area contributed by atoms with Crippen LogP contribution in [0, 0.1) is 11.6 Å². The number of hydrogen-bond acceptors (Lipinski definition) is 4. The molecule has 2 amide bonds. The fraction of sp³-hybridized carbons (Fsp3) is 0.300. The van der Waals surface area contributed by atoms with Crippen molar-refractivity contribution >= 4 is 23.2 Å². The molecule has 0 saturated carbocycles. The Morgan fingerprint density at radius 1 is 1.18 bits per heavy atom. The van der Waals surface area contributed by atoms with E-state index in [-0.39, 0.29) is 24.7 Å². The Labute approximate surface area is 161 Å². The summed E-state index contributed by atoms with van der Waals surface area (Å²) in [6.07, 6.45) is 0.0487. The summed E-state index contributed by atoms with van der Waals surface area (Å²) in [5.41, 5.74) is 0.838. The monoisotopic (exact) mass is 389 g/mol. The van der Waals surface area contributed by atoms with Gasteiger partial charge in [-0.3, -0.25) is 9.59 Å². The van der Waals surface area contributed by atoms with Crippen LogP contribution in [-0.2, 0) is 9.59 Å². The molecule has 2 aromatic carbocycles. The van der Waals surface area contributed by atoms with Crippen LogP contribution < -0.4 is 20.3 Å². The molecule has 0 radical (unpaired) electrons. The maximum atomic E-state index is 13.3. The number of fused-ring (bicyclic) bond motifs is 1. The molecule has 1 aliphatic rings. The second kappa shape index (κ2) is 8.69. The van der Waals surface area contributed by atoms with Gasteiger partial charge in [0.05, 0.1) is 18.8 Å². The van der Waals surface area contributed by atoms with Crippen LogP contribution in [0.15, 0.2) is 42.5 Å². The first-order valence-corrected chi connectivity index (χ1v) is 9.01. The van der Waals surface area contributed by atoms with Crippen molar-refractivity contribution in [3.05, 3.63) is 54.1 Å². The number of anilines is 2. The highest BCUT2D eigenvalue weighted by molar-refractivity contribution is 5.95. The number of carbonyl (C=O) groups excluding carboxylic acids is 2. The normalized spacial score (nSPS) is 15.4. The molecule has 1 heterocycles. The summed E-state index contributed by atoms with van der Waals surface area (Å²) in [7, 11) is 0. The van der Waals surface area contributed by atoms with Gasteiger partial charge in [-0.1, -0.05) is 19.1 Å². The predicted molar refractivity (Wildman–Crippen MR) is 101 cm³/mol. The van der Waals surface area contributed by atoms with Gasteiger partial charge in [0, 0.05) is 18.3 Å². The zero-order valence-corrected chi connectivity index (χ0v) is 15.4. The van der Waals surface area contributed by atoms with Gasteiger partial charge in [0.2, 0.25) is 5.91 Å². The number of benzene rings is 2. The van der Waals surface area contributed by atoms with Crippen LogP contribution in [0.3, 0.4) is 0 Å². The standard InChI is InChI=1S/C20H21F2N3O3/c1-2-9-23-20(27)18-11-25(16-5-3-4-6-17(16)28-18)12-19(26)24-13-7-8-14(21)15(22)10-13/h3-8,10,18H,2,9,11-12H2,1H3,(H,23,27)(H,24,26)/t18-/m0/s1. The number of hydrogen-bond donors (Lipinski definition) is 2. The van der Waals surface area contributed by atoms with E-state index in [1.807, 2.05) is 6.92 Å². The van der Waals surface area contributed by atoms with Gasteiger partial charge in [-0.15, -0.1) is 0 Å². The largest absolute Gasteiger partial charge is 0.477 e. The van der Waals surface area contributed by atoms with Crippen molar-refractivity contribution < 1.29 is 23.1 Å². The molecule has 0 aliphatic carbocycles. The Morgan fingerprint density at radius 2 is 1.96 bits per heavy atom. The highest BCUT2D eigenvalue weighted by atomic mass is 19.2. The number of amides is 2. The van der Waals surface area contributed by atoms with E-state index in [1.54, 1.807) is 29.2 Å². The number of nitrogens with one attached hydrogen (secondary N) is 2. The first-order chi connectivity index (χ1) is 13.5. The molecule has 0 fully saturated rings. The molecule has 1 atom stereocenters. The van der Waals surface area contributed by atoms with Crippen LogP contribution in [0.2, 0.25) is 0 Å². The SMILES string of the molecule is CCCNC(=O)[C@@H]1CN(CC(=O)Nc2ccc(F)c(F)c2)c2ccccc2O1. The van der Waals surface area contributed by atoms with Crippen LogP contribution >= 0.6 is 0 Å². The smallest absolute Gasteiger partial charge is 0.262 e. The van der Waals surface area contributed by atoms with E-state index in [0.29, 0.717) is 18.0 Å². The number of carbonyl (C=O) groups is 2. The Morgan fingerprint density at radius 3 is 2.71 bits per heavy atom. The van der Waals surface area contributed by atoms with Crippen molar-refractivity contribution in [3.63, 3.8) is 0 Å². The molecule has 8 heteroatoms. The molecule has 3 rings (SSSR count). The Hall–Kier alpha value is -3.16. The minimum atomic E-state index is -1.04. The predicted octanol–water partition coefficient (Wildman–Crippen LogP) is 2.70. The second-order valence-electron chi connectivity index (χ2n) is 6.42. The molecule has 0 aromatic heterocycles. The van der Waals surface area contributed by atoms with Crippen molar-refractivity contribution in [1.82, 2.24) is 5.32 Å². The maximum absolute atomic E-state index is 13.3. The molecule has 148 valence electrons. The summed E-state index contributed by atoms with van der Waals surface area (Å²) >= 11 is 0. The van der Waals surface area contributed by atoms with Crippen LogP contribution in [-0.4, -0.2) is 37.6 Å². The lowest BCUT2D eigenvalue weighted by molar-refractivity contribution is -0.128. The van der Waals surface area contributed by atoms with Crippen molar-refractivity contribution in [2.45, 2.75) is 19.4 Å². The highest BCUT2D eigenvalue weighted by Gasteiger charge is 2.31. The lowest BCUT2D eigenvalue weighted by atomic mass is 10.1. The van der Waals surface area contributed by atoms with E-state index in [4.69, 9.17) is 4.74 Å². The highest BCUT2D eigenvalue weighted by Crippen LogP contribution is 2.33. The van der Waals surface area contributed by atoms with Gasteiger partial charge < -0.3 is 20.3 Å². The van der Waals surface area contributed by atoms with Gasteiger partial charge >= 0.3 is 0 Å². The summed E-state index contributed by atoms with van der Waals surface area (Å²) in [4.78, 5) is 26.5. The average molecular weight is 389 g/mol. The molecular weight excluding hydrogens is 368 g/mol. The van der Waals surface area contributed by atoms with Gasteiger partial charge in [-0.2, -0.15) is 0 Å². The van der Waals surface area contributed by atoms with Gasteiger partial charge in [0.1, 0.15) is 5.75 Å². The van der Waals surface area contributed by atoms with Crippen LogP contribution in [0.5, 0.6) is 5.75 Å². The zero-order valence-electron chi connectivity index (χ0n) is 15.4. The lowest BCUT2D eigenvalue weighted by Crippen LogP contribution is -2.50. The van der Waals surface area contributed by atoms with Crippen molar-refractivity contribution in [3.8, 4) is 5.75 Å². The van der Waals surface area contributed by atoms with Gasteiger partial charge in [0.25, 0.3) is 5.91 Å². The third-order valence-corrected chi connectivity index (χ3v) is 4.24. The molecule has 2 N–H and O–H groups in total. The number of halogens is 2. The van der Waals surface area contributed by atoms with Crippen LogP contribution in [0.4, 0.5) is 20.2 Å². The third kappa shape index (κ3) is 4.57. The Balaban J connectivity index is 1.72. The third-order valence-electron chi connectivity index (χ3n) is 4.24. The fourth-order valence-corrected chi connectivity index (χ4v) is 2.90. The minimum absolute atomic E-state index is 0.0725. The number of ether oxygens (including phenoxy) is 1. The summed E-state index contributed by atoms with van der Waals surface area (Å²) in [6, 6.07) is 10.3. The topological polar surface area (TPSA) is 70.7 Å². The van der Waals surface area contributed by atoms with E-state index in [2.05, 4.69) is 10.6 Å². The molecule has 6 nitrogen and oxygen atoms in total. The maximum Gasteiger partial charge on any atom is 0.262 e. The van der Waals surface area contributed by atoms with Gasteiger partial charge in [-0.05, 0) is 30.7 Å². The molecule has 1 aliphatic heterocycles. The Kier molecular flexibility index (Phi) is 6.08. The number of nitrogens with zero attached hydrogens (tertiary/aromatic N) is 1. The molecule has 0 spiro atoms. The van der Waals surface area contributed by atoms with Gasteiger partial charge in [-0.25, -0.2) is 8.78 Å². The summed E-state index contributed by atoms with van der Waals surface area (Å²) in [6.45, 7) is 2.61. The van der Waals surface area contributed by atoms with E-state index in [1.165, 1.54) is 6.07 Å². The first kappa shape index (κ1) is 19.6. The quantitative estimate of drug-likeness (QED) is 0.797. The summed E-state index contributed by atoms with van der Waals surface area (Å²) in [5.74, 6) is -2.19. The van der Waals surface area contributed by atoms with Crippen molar-refractivity contribution in [2.75, 3.05) is 29.9 Å². The second-order valence-corrected chi connectivity index (χ2v) is 6.42. The van der Waals surface area contributed by atoms with E-state index < -0.39 is 23.6 Å². The minimum Gasteiger partial charge on any atom is -0.477 e. The summed E-state index contributed by atoms with van der Waals surface area (Å²) < 4.78 is 32.1. The van der Waals surface area contributed by atoms with E-state index in [9.17, 15) is 18.4 Å². The molecule has 2 aromatic rings. The first-order valence-electron chi connectivity index (χ1n) is 9.01. The summed E-state index contributed by atoms with van der Waals surface area (Å²) in [5, 5.41) is 5.33. The van der Waals surface area contributed by atoms with Crippen molar-refractivity contribution in [1.29, 1.82) is 0 Å². The van der Waals surface area contributed by atoms with Crippen LogP contribution in [0.25, 0.3) is 0 Å². The van der Waals surface area contributed by atoms with Gasteiger partial charge in [0.15, 0.2) is 17.7 Å². The molecular formula is C20H21F2N3O3. The van der Waals surface area contributed by atoms with Crippen LogP contribution in [0.1, 0.15) is 13.3 Å². The molecule has 0 unspecified atom stereocenters. The zero-order chi connectivity index (χ0) is 20.1. The Bertz CT molecular complexity index is 876. The molecule has 0 bridgehead atoms. The van der Waals surface area contributed by atoms with Crippen molar-refractivity contribution in [2.24, 2.45) is 0 Å². The average Bonchev–Trinajstić information content (AvgIpc) is 2.68. The molecule has 28 heavy (non-hydrogen) atoms. The molecule has 0 saturated heterocycles.